The Hall–Kier alpha value is -2.04. The van der Waals surface area contributed by atoms with E-state index in [1.807, 2.05) is 0 Å². The number of hydrogen-bond acceptors (Lipinski definition) is 3. The lowest BCUT2D eigenvalue weighted by molar-refractivity contribution is -0.139. The number of anilines is 1. The summed E-state index contributed by atoms with van der Waals surface area (Å²) in [6.45, 7) is 3.31. The van der Waals surface area contributed by atoms with Crippen molar-refractivity contribution in [2.75, 3.05) is 12.4 Å². The zero-order valence-electron chi connectivity index (χ0n) is 14.1. The fraction of sp³-hybridized carbons (Fsp3) is 0.556. The molecular weight excluding hydrogens is 292 g/mol. The molecule has 1 aliphatic rings. The van der Waals surface area contributed by atoms with E-state index in [9.17, 15) is 9.59 Å². The highest BCUT2D eigenvalue weighted by molar-refractivity contribution is 6.09. The first-order valence-corrected chi connectivity index (χ1v) is 8.20. The molecule has 1 aromatic carbocycles. The highest BCUT2D eigenvalue weighted by Crippen LogP contribution is 2.23. The molecule has 1 aliphatic carbocycles. The fourth-order valence-electron chi connectivity index (χ4n) is 2.68. The van der Waals surface area contributed by atoms with Crippen LogP contribution < -0.4 is 15.4 Å². The first-order chi connectivity index (χ1) is 10.9. The van der Waals surface area contributed by atoms with Crippen LogP contribution in [0.4, 0.5) is 5.69 Å². The van der Waals surface area contributed by atoms with Gasteiger partial charge >= 0.3 is 0 Å². The summed E-state index contributed by atoms with van der Waals surface area (Å²) in [6.07, 6.45) is 5.52. The average molecular weight is 318 g/mol. The Kier molecular flexibility index (Phi) is 5.64. The first kappa shape index (κ1) is 17.3. The second kappa shape index (κ2) is 7.49. The van der Waals surface area contributed by atoms with Crippen molar-refractivity contribution in [1.29, 1.82) is 0 Å². The molecule has 0 aromatic heterocycles. The van der Waals surface area contributed by atoms with E-state index in [0.29, 0.717) is 5.69 Å². The monoisotopic (exact) mass is 318 g/mol. The number of amides is 2. The molecule has 2 N–H and O–H groups in total. The zero-order valence-corrected chi connectivity index (χ0v) is 14.1. The molecule has 0 spiro atoms. The number of hydrogen-bond donors (Lipinski definition) is 2. The van der Waals surface area contributed by atoms with Crippen molar-refractivity contribution in [2.45, 2.75) is 52.0 Å². The van der Waals surface area contributed by atoms with Crippen LogP contribution >= 0.6 is 0 Å². The van der Waals surface area contributed by atoms with Crippen LogP contribution in [0.3, 0.4) is 0 Å². The summed E-state index contributed by atoms with van der Waals surface area (Å²) in [5.41, 5.74) is -0.466. The van der Waals surface area contributed by atoms with Crippen molar-refractivity contribution in [3.05, 3.63) is 24.3 Å². The number of nitrogens with one attached hydrogen (secondary N) is 2. The molecule has 5 heteroatoms. The summed E-state index contributed by atoms with van der Waals surface area (Å²) in [5, 5.41) is 5.82. The summed E-state index contributed by atoms with van der Waals surface area (Å²) in [5.74, 6) is 0.198. The average Bonchev–Trinajstić information content (AvgIpc) is 2.56. The quantitative estimate of drug-likeness (QED) is 0.820. The number of carbonyl (C=O) groups excluding carboxylic acids is 2. The maximum Gasteiger partial charge on any atom is 0.239 e. The molecule has 2 rings (SSSR count). The van der Waals surface area contributed by atoms with E-state index in [2.05, 4.69) is 10.6 Å². The van der Waals surface area contributed by atoms with Crippen LogP contribution in [-0.4, -0.2) is 25.0 Å². The van der Waals surface area contributed by atoms with Crippen molar-refractivity contribution in [1.82, 2.24) is 5.32 Å². The fourth-order valence-corrected chi connectivity index (χ4v) is 2.68. The predicted molar refractivity (Wildman–Crippen MR) is 90.4 cm³/mol. The van der Waals surface area contributed by atoms with E-state index in [4.69, 9.17) is 4.74 Å². The molecule has 1 aromatic rings. The van der Waals surface area contributed by atoms with Gasteiger partial charge in [-0.15, -0.1) is 0 Å². The highest BCUT2D eigenvalue weighted by atomic mass is 16.5. The van der Waals surface area contributed by atoms with Gasteiger partial charge in [-0.2, -0.15) is 0 Å². The van der Waals surface area contributed by atoms with E-state index in [1.165, 1.54) is 6.42 Å². The minimum Gasteiger partial charge on any atom is -0.497 e. The van der Waals surface area contributed by atoms with Crippen LogP contribution in [0.5, 0.6) is 5.75 Å². The standard InChI is InChI=1S/C18H26N2O3/c1-18(2,16(21)19-13-7-5-4-6-8-13)17(22)20-14-9-11-15(23-3)12-10-14/h9-13H,4-8H2,1-3H3,(H,19,21)(H,20,22). The zero-order chi connectivity index (χ0) is 16.9. The van der Waals surface area contributed by atoms with E-state index < -0.39 is 5.41 Å². The summed E-state index contributed by atoms with van der Waals surface area (Å²) >= 11 is 0. The number of methoxy groups -OCH3 is 1. The Balaban J connectivity index is 1.95. The first-order valence-electron chi connectivity index (χ1n) is 8.20. The molecule has 5 nitrogen and oxygen atoms in total. The number of benzene rings is 1. The Morgan fingerprint density at radius 2 is 1.65 bits per heavy atom. The van der Waals surface area contributed by atoms with E-state index >= 15 is 0 Å². The maximum atomic E-state index is 12.5. The van der Waals surface area contributed by atoms with Gasteiger partial charge in [0.2, 0.25) is 11.8 Å². The maximum absolute atomic E-state index is 12.5. The molecule has 0 heterocycles. The number of ether oxygens (including phenoxy) is 1. The van der Waals surface area contributed by atoms with Crippen LogP contribution in [0.15, 0.2) is 24.3 Å². The van der Waals surface area contributed by atoms with Gasteiger partial charge in [0.1, 0.15) is 11.2 Å². The number of carbonyl (C=O) groups is 2. The molecule has 0 bridgehead atoms. The lowest BCUT2D eigenvalue weighted by Crippen LogP contribution is -2.49. The molecule has 1 saturated carbocycles. The SMILES string of the molecule is COc1ccc(NC(=O)C(C)(C)C(=O)NC2CCCCC2)cc1. The third-order valence-electron chi connectivity index (χ3n) is 4.42. The van der Waals surface area contributed by atoms with Crippen LogP contribution in [0.1, 0.15) is 46.0 Å². The van der Waals surface area contributed by atoms with Gasteiger partial charge in [0, 0.05) is 11.7 Å². The highest BCUT2D eigenvalue weighted by Gasteiger charge is 2.37. The Bertz CT molecular complexity index is 546. The lowest BCUT2D eigenvalue weighted by Gasteiger charge is -2.28. The van der Waals surface area contributed by atoms with Crippen LogP contribution in [-0.2, 0) is 9.59 Å². The molecule has 2 amide bonds. The van der Waals surface area contributed by atoms with Crippen molar-refractivity contribution in [2.24, 2.45) is 5.41 Å². The van der Waals surface area contributed by atoms with Gasteiger partial charge in [-0.05, 0) is 51.0 Å². The Morgan fingerprint density at radius 3 is 2.22 bits per heavy atom. The van der Waals surface area contributed by atoms with Crippen LogP contribution in [0.2, 0.25) is 0 Å². The van der Waals surface area contributed by atoms with Gasteiger partial charge in [0.15, 0.2) is 0 Å². The third-order valence-corrected chi connectivity index (χ3v) is 4.42. The summed E-state index contributed by atoms with van der Waals surface area (Å²) in [4.78, 5) is 24.9. The van der Waals surface area contributed by atoms with Crippen molar-refractivity contribution in [3.63, 3.8) is 0 Å². The van der Waals surface area contributed by atoms with Gasteiger partial charge < -0.3 is 15.4 Å². The molecule has 126 valence electrons. The third kappa shape index (κ3) is 4.47. The molecule has 0 radical (unpaired) electrons. The molecule has 0 atom stereocenters. The molecular formula is C18H26N2O3. The predicted octanol–water partition coefficient (Wildman–Crippen LogP) is 3.11. The van der Waals surface area contributed by atoms with Crippen LogP contribution in [0.25, 0.3) is 0 Å². The second-order valence-corrected chi connectivity index (χ2v) is 6.62. The van der Waals surface area contributed by atoms with Gasteiger partial charge in [-0.25, -0.2) is 0 Å². The van der Waals surface area contributed by atoms with Gasteiger partial charge in [0.25, 0.3) is 0 Å². The van der Waals surface area contributed by atoms with Gasteiger partial charge in [0.05, 0.1) is 7.11 Å². The molecule has 0 unspecified atom stereocenters. The minimum absolute atomic E-state index is 0.198. The normalized spacial score (nSPS) is 15.8. The van der Waals surface area contributed by atoms with E-state index in [0.717, 1.165) is 31.4 Å². The lowest BCUT2D eigenvalue weighted by atomic mass is 9.88. The van der Waals surface area contributed by atoms with Crippen molar-refractivity contribution < 1.29 is 14.3 Å². The number of rotatable bonds is 5. The molecule has 0 aliphatic heterocycles. The largest absolute Gasteiger partial charge is 0.497 e. The second-order valence-electron chi connectivity index (χ2n) is 6.62. The Labute approximate surface area is 137 Å². The van der Waals surface area contributed by atoms with Crippen LogP contribution in [0, 0.1) is 5.41 Å². The van der Waals surface area contributed by atoms with Crippen molar-refractivity contribution >= 4 is 17.5 Å². The summed E-state index contributed by atoms with van der Waals surface area (Å²) in [7, 11) is 1.59. The van der Waals surface area contributed by atoms with Gasteiger partial charge in [-0.1, -0.05) is 19.3 Å². The minimum atomic E-state index is -1.11. The molecule has 23 heavy (non-hydrogen) atoms. The Morgan fingerprint density at radius 1 is 1.04 bits per heavy atom. The van der Waals surface area contributed by atoms with Gasteiger partial charge in [-0.3, -0.25) is 9.59 Å². The molecule has 1 fully saturated rings. The summed E-state index contributed by atoms with van der Waals surface area (Å²) < 4.78 is 5.09. The van der Waals surface area contributed by atoms with E-state index in [1.54, 1.807) is 45.2 Å². The molecule has 0 saturated heterocycles. The summed E-state index contributed by atoms with van der Waals surface area (Å²) in [6, 6.07) is 7.25. The topological polar surface area (TPSA) is 67.4 Å². The van der Waals surface area contributed by atoms with E-state index in [-0.39, 0.29) is 17.9 Å². The smallest absolute Gasteiger partial charge is 0.239 e. The van der Waals surface area contributed by atoms with Crippen molar-refractivity contribution in [3.8, 4) is 5.75 Å².